The second kappa shape index (κ2) is 8.74. The van der Waals surface area contributed by atoms with Crippen molar-refractivity contribution in [2.75, 3.05) is 16.4 Å². The number of amides is 2. The lowest BCUT2D eigenvalue weighted by Crippen LogP contribution is -2.21. The fourth-order valence-corrected chi connectivity index (χ4v) is 2.74. The third kappa shape index (κ3) is 5.11. The van der Waals surface area contributed by atoms with Crippen molar-refractivity contribution in [2.45, 2.75) is 26.3 Å². The number of hydrogen-bond acceptors (Lipinski definition) is 5. The minimum absolute atomic E-state index is 0.00164. The number of hydrogen-bond donors (Lipinski definition) is 3. The summed E-state index contributed by atoms with van der Waals surface area (Å²) in [4.78, 5) is 24.6. The quantitative estimate of drug-likeness (QED) is 0.572. The van der Waals surface area contributed by atoms with Crippen molar-refractivity contribution < 1.29 is 9.59 Å². The molecule has 4 N–H and O–H groups in total. The normalized spacial score (nSPS) is 10.8. The van der Waals surface area contributed by atoms with Gasteiger partial charge in [-0.1, -0.05) is 42.8 Å². The van der Waals surface area contributed by atoms with Crippen LogP contribution in [0.2, 0.25) is 5.02 Å². The summed E-state index contributed by atoms with van der Waals surface area (Å²) in [7, 11) is 0. The Morgan fingerprint density at radius 3 is 2.24 bits per heavy atom. The van der Waals surface area contributed by atoms with E-state index in [0.29, 0.717) is 22.3 Å². The van der Waals surface area contributed by atoms with Gasteiger partial charge in [-0.2, -0.15) is 0 Å². The van der Waals surface area contributed by atoms with E-state index in [4.69, 9.17) is 17.3 Å². The van der Waals surface area contributed by atoms with Crippen molar-refractivity contribution >= 4 is 40.6 Å². The number of carbonyl (C=O) groups is 2. The number of benzene rings is 2. The Morgan fingerprint density at radius 2 is 1.62 bits per heavy atom. The zero-order valence-corrected chi connectivity index (χ0v) is 16.8. The number of rotatable bonds is 6. The zero-order valence-electron chi connectivity index (χ0n) is 16.0. The summed E-state index contributed by atoms with van der Waals surface area (Å²) in [6, 6.07) is 14.2. The maximum Gasteiger partial charge on any atom is 0.280 e. The van der Waals surface area contributed by atoms with Gasteiger partial charge < -0.3 is 16.4 Å². The van der Waals surface area contributed by atoms with Crippen molar-refractivity contribution in [1.29, 1.82) is 0 Å². The van der Waals surface area contributed by atoms with Crippen LogP contribution in [0.4, 0.5) is 17.2 Å². The second-order valence-corrected chi connectivity index (χ2v) is 7.20. The first-order valence-corrected chi connectivity index (χ1v) is 9.37. The molecule has 3 rings (SSSR count). The molecule has 0 saturated carbocycles. The van der Waals surface area contributed by atoms with Crippen LogP contribution in [0.1, 0.15) is 35.8 Å². The summed E-state index contributed by atoms with van der Waals surface area (Å²) in [6.45, 7) is 4.03. The van der Waals surface area contributed by atoms with Crippen LogP contribution < -0.4 is 16.4 Å². The van der Waals surface area contributed by atoms with E-state index in [1.165, 1.54) is 10.2 Å². The third-order valence-corrected chi connectivity index (χ3v) is 4.50. The maximum atomic E-state index is 12.4. The van der Waals surface area contributed by atoms with Gasteiger partial charge in [0.15, 0.2) is 11.5 Å². The number of nitrogens with two attached hydrogens (primary N) is 1. The van der Waals surface area contributed by atoms with E-state index in [2.05, 4.69) is 34.8 Å². The molecular formula is C20H21ClN6O2. The average Bonchev–Trinajstić information content (AvgIpc) is 3.04. The lowest BCUT2D eigenvalue weighted by atomic mass is 10.0. The molecule has 0 fully saturated rings. The van der Waals surface area contributed by atoms with Crippen LogP contribution in [0.15, 0.2) is 48.5 Å². The van der Waals surface area contributed by atoms with Crippen LogP contribution >= 0.6 is 11.6 Å². The van der Waals surface area contributed by atoms with E-state index in [-0.39, 0.29) is 24.0 Å². The average molecular weight is 413 g/mol. The number of nitrogens with zero attached hydrogens (tertiary/aromatic N) is 3. The first-order chi connectivity index (χ1) is 13.8. The molecule has 2 amide bonds. The van der Waals surface area contributed by atoms with Gasteiger partial charge >= 0.3 is 0 Å². The van der Waals surface area contributed by atoms with Gasteiger partial charge in [-0.3, -0.25) is 9.59 Å². The second-order valence-electron chi connectivity index (χ2n) is 6.77. The molecule has 150 valence electrons. The Labute approximate surface area is 173 Å². The molecule has 1 heterocycles. The third-order valence-electron chi connectivity index (χ3n) is 4.25. The van der Waals surface area contributed by atoms with Crippen molar-refractivity contribution in [3.63, 3.8) is 0 Å². The van der Waals surface area contributed by atoms with Gasteiger partial charge in [-0.15, -0.1) is 5.10 Å². The van der Waals surface area contributed by atoms with Crippen molar-refractivity contribution in [1.82, 2.24) is 15.0 Å². The highest BCUT2D eigenvalue weighted by molar-refractivity contribution is 6.30. The van der Waals surface area contributed by atoms with Crippen molar-refractivity contribution in [3.05, 3.63) is 64.8 Å². The highest BCUT2D eigenvalue weighted by Crippen LogP contribution is 2.18. The highest BCUT2D eigenvalue weighted by atomic mass is 35.5. The van der Waals surface area contributed by atoms with Gasteiger partial charge in [0, 0.05) is 16.4 Å². The predicted octanol–water partition coefficient (Wildman–Crippen LogP) is 3.53. The van der Waals surface area contributed by atoms with Gasteiger partial charge in [-0.25, -0.2) is 4.68 Å². The molecule has 0 spiro atoms. The molecule has 0 aliphatic carbocycles. The molecular weight excluding hydrogens is 392 g/mol. The summed E-state index contributed by atoms with van der Waals surface area (Å²) < 4.78 is 1.18. The minimum atomic E-state index is -0.527. The van der Waals surface area contributed by atoms with Gasteiger partial charge in [-0.05, 0) is 47.9 Å². The molecule has 0 aliphatic rings. The van der Waals surface area contributed by atoms with Crippen LogP contribution in [0.3, 0.4) is 0 Å². The number of halogens is 1. The van der Waals surface area contributed by atoms with E-state index < -0.39 is 5.91 Å². The Balaban J connectivity index is 1.63. The summed E-state index contributed by atoms with van der Waals surface area (Å²) in [5.41, 5.74) is 8.28. The maximum absolute atomic E-state index is 12.4. The first kappa shape index (κ1) is 20.3. The monoisotopic (exact) mass is 412 g/mol. The number of aromatic nitrogens is 3. The van der Waals surface area contributed by atoms with Crippen LogP contribution in [0.25, 0.3) is 0 Å². The molecule has 0 unspecified atom stereocenters. The van der Waals surface area contributed by atoms with E-state index in [9.17, 15) is 9.59 Å². The predicted molar refractivity (Wildman–Crippen MR) is 113 cm³/mol. The number of anilines is 3. The largest absolute Gasteiger partial charge is 0.382 e. The summed E-state index contributed by atoms with van der Waals surface area (Å²) in [6.07, 6.45) is 0. The van der Waals surface area contributed by atoms with E-state index >= 15 is 0 Å². The lowest BCUT2D eigenvalue weighted by molar-refractivity contribution is -0.116. The summed E-state index contributed by atoms with van der Waals surface area (Å²) >= 11 is 5.83. The molecule has 0 radical (unpaired) electrons. The standard InChI is InChI=1S/C20H21ClN6O2/c1-12(2)13-3-7-15(8-4-13)23-17(28)11-27-19(22)18(25-26-27)20(29)24-16-9-5-14(21)6-10-16/h3-10,12H,11,22H2,1-2H3,(H,23,28)(H,24,29). The van der Waals surface area contributed by atoms with Crippen LogP contribution in [-0.4, -0.2) is 26.8 Å². The molecule has 0 saturated heterocycles. The van der Waals surface area contributed by atoms with E-state index in [1.54, 1.807) is 24.3 Å². The van der Waals surface area contributed by atoms with Gasteiger partial charge in [0.1, 0.15) is 6.54 Å². The van der Waals surface area contributed by atoms with Crippen LogP contribution in [-0.2, 0) is 11.3 Å². The van der Waals surface area contributed by atoms with Crippen molar-refractivity contribution in [2.24, 2.45) is 0 Å². The van der Waals surface area contributed by atoms with Crippen molar-refractivity contribution in [3.8, 4) is 0 Å². The Hall–Kier alpha value is -3.39. The van der Waals surface area contributed by atoms with E-state index in [0.717, 1.165) is 0 Å². The fraction of sp³-hybridized carbons (Fsp3) is 0.200. The molecule has 0 aliphatic heterocycles. The highest BCUT2D eigenvalue weighted by Gasteiger charge is 2.19. The van der Waals surface area contributed by atoms with Gasteiger partial charge in [0.2, 0.25) is 5.91 Å². The summed E-state index contributed by atoms with van der Waals surface area (Å²) in [5, 5.41) is 13.6. The topological polar surface area (TPSA) is 115 Å². The molecule has 9 heteroatoms. The van der Waals surface area contributed by atoms with Gasteiger partial charge in [0.05, 0.1) is 0 Å². The summed E-state index contributed by atoms with van der Waals surface area (Å²) in [5.74, 6) is -0.446. The number of carbonyl (C=O) groups excluding carboxylic acids is 2. The fourth-order valence-electron chi connectivity index (χ4n) is 2.61. The smallest absolute Gasteiger partial charge is 0.280 e. The minimum Gasteiger partial charge on any atom is -0.382 e. The molecule has 0 atom stereocenters. The molecule has 29 heavy (non-hydrogen) atoms. The van der Waals surface area contributed by atoms with E-state index in [1.807, 2.05) is 24.3 Å². The molecule has 2 aromatic carbocycles. The molecule has 8 nitrogen and oxygen atoms in total. The number of nitrogens with one attached hydrogen (secondary N) is 2. The number of nitrogen functional groups attached to an aromatic ring is 1. The van der Waals surface area contributed by atoms with Crippen LogP contribution in [0.5, 0.6) is 0 Å². The molecule has 3 aromatic rings. The lowest BCUT2D eigenvalue weighted by Gasteiger charge is -2.09. The SMILES string of the molecule is CC(C)c1ccc(NC(=O)Cn2nnc(C(=O)Nc3ccc(Cl)cc3)c2N)cc1. The van der Waals surface area contributed by atoms with Crippen LogP contribution in [0, 0.1) is 0 Å². The molecule has 1 aromatic heterocycles. The van der Waals surface area contributed by atoms with Gasteiger partial charge in [0.25, 0.3) is 5.91 Å². The Morgan fingerprint density at radius 1 is 1.03 bits per heavy atom. The zero-order chi connectivity index (χ0) is 21.0. The molecule has 0 bridgehead atoms. The Kier molecular flexibility index (Phi) is 6.13. The first-order valence-electron chi connectivity index (χ1n) is 8.99. The Bertz CT molecular complexity index is 1010.